The number of hydrogen-bond acceptors (Lipinski definition) is 4. The number of rotatable bonds is 5. The number of anilines is 1. The summed E-state index contributed by atoms with van der Waals surface area (Å²) >= 11 is 5.94. The van der Waals surface area contributed by atoms with Crippen molar-refractivity contribution < 1.29 is 9.53 Å². The molecule has 1 N–H and O–H groups in total. The van der Waals surface area contributed by atoms with Crippen molar-refractivity contribution in [3.05, 3.63) is 23.0 Å². The van der Waals surface area contributed by atoms with Crippen LogP contribution in [0.4, 0.5) is 5.69 Å². The molecule has 0 aromatic carbocycles. The van der Waals surface area contributed by atoms with Crippen LogP contribution in [0, 0.1) is 11.8 Å². The van der Waals surface area contributed by atoms with Crippen molar-refractivity contribution >= 4 is 23.2 Å². The molecule has 5 nitrogen and oxygen atoms in total. The lowest BCUT2D eigenvalue weighted by Crippen LogP contribution is -2.40. The number of unbranched alkanes of at least 4 members (excludes halogenated alkanes) is 1. The number of carbonyl (C=O) groups is 1. The molecule has 0 spiro atoms. The van der Waals surface area contributed by atoms with E-state index in [1.165, 1.54) is 0 Å². The Balaban J connectivity index is 1.83. The van der Waals surface area contributed by atoms with Gasteiger partial charge in [-0.15, -0.1) is 0 Å². The minimum Gasteiger partial charge on any atom is -0.382 e. The quantitative estimate of drug-likeness (QED) is 0.504. The smallest absolute Gasteiger partial charge is 0.222 e. The van der Waals surface area contributed by atoms with Gasteiger partial charge in [0.2, 0.25) is 5.91 Å². The first-order valence-electron chi connectivity index (χ1n) is 8.32. The van der Waals surface area contributed by atoms with Gasteiger partial charge in [0, 0.05) is 38.2 Å². The Bertz CT molecular complexity index is 616. The third-order valence-electron chi connectivity index (χ3n) is 3.59. The van der Waals surface area contributed by atoms with E-state index in [1.807, 2.05) is 4.90 Å². The number of hydrogen-bond donors (Lipinski definition) is 1. The fourth-order valence-electron chi connectivity index (χ4n) is 2.42. The van der Waals surface area contributed by atoms with E-state index < -0.39 is 0 Å². The summed E-state index contributed by atoms with van der Waals surface area (Å²) in [7, 11) is 0. The molecule has 2 rings (SSSR count). The number of nitrogens with zero attached hydrogens (tertiary/aromatic N) is 2. The van der Waals surface area contributed by atoms with E-state index in [0.717, 1.165) is 17.7 Å². The maximum absolute atomic E-state index is 12.0. The molecule has 1 aliphatic rings. The van der Waals surface area contributed by atoms with E-state index in [2.05, 4.69) is 36.0 Å². The predicted molar refractivity (Wildman–Crippen MR) is 96.1 cm³/mol. The number of nitrogens with one attached hydrogen (secondary N) is 1. The number of aromatic nitrogens is 1. The fourth-order valence-corrected chi connectivity index (χ4v) is 2.57. The third-order valence-corrected chi connectivity index (χ3v) is 3.80. The molecule has 0 aliphatic carbocycles. The van der Waals surface area contributed by atoms with Crippen LogP contribution >= 0.6 is 11.6 Å². The first kappa shape index (κ1) is 18.6. The van der Waals surface area contributed by atoms with Gasteiger partial charge in [-0.25, -0.2) is 4.98 Å². The van der Waals surface area contributed by atoms with E-state index in [0.29, 0.717) is 44.3 Å². The Labute approximate surface area is 148 Å². The molecule has 1 aromatic heterocycles. The first-order chi connectivity index (χ1) is 11.6. The van der Waals surface area contributed by atoms with E-state index in [9.17, 15) is 4.79 Å². The van der Waals surface area contributed by atoms with E-state index in [1.54, 1.807) is 12.3 Å². The van der Waals surface area contributed by atoms with Gasteiger partial charge >= 0.3 is 0 Å². The fraction of sp³-hybridized carbons (Fsp3) is 0.556. The third kappa shape index (κ3) is 6.03. The zero-order valence-electron chi connectivity index (χ0n) is 14.3. The molecular weight excluding hydrogens is 326 g/mol. The Morgan fingerprint density at radius 3 is 2.92 bits per heavy atom. The molecule has 1 aromatic rings. The Morgan fingerprint density at radius 2 is 2.21 bits per heavy atom. The Morgan fingerprint density at radius 1 is 1.46 bits per heavy atom. The molecule has 1 saturated heterocycles. The van der Waals surface area contributed by atoms with Crippen LogP contribution < -0.4 is 5.32 Å². The highest BCUT2D eigenvalue weighted by Gasteiger charge is 2.15. The van der Waals surface area contributed by atoms with Crippen LogP contribution in [0.15, 0.2) is 12.3 Å². The van der Waals surface area contributed by atoms with E-state index in [-0.39, 0.29) is 11.9 Å². The van der Waals surface area contributed by atoms with Gasteiger partial charge in [0.05, 0.1) is 24.5 Å². The van der Waals surface area contributed by atoms with Gasteiger partial charge in [-0.3, -0.25) is 4.79 Å². The first-order valence-corrected chi connectivity index (χ1v) is 8.70. The summed E-state index contributed by atoms with van der Waals surface area (Å²) in [5.41, 5.74) is 1.72. The maximum Gasteiger partial charge on any atom is 0.222 e. The summed E-state index contributed by atoms with van der Waals surface area (Å²) in [4.78, 5) is 18.0. The van der Waals surface area contributed by atoms with Crippen molar-refractivity contribution in [3.8, 4) is 11.8 Å². The summed E-state index contributed by atoms with van der Waals surface area (Å²) in [6.07, 6.45) is 3.65. The second-order valence-corrected chi connectivity index (χ2v) is 6.39. The summed E-state index contributed by atoms with van der Waals surface area (Å²) in [6.45, 7) is 6.80. The van der Waals surface area contributed by atoms with Crippen LogP contribution in [0.5, 0.6) is 0 Å². The van der Waals surface area contributed by atoms with Crippen molar-refractivity contribution in [3.63, 3.8) is 0 Å². The van der Waals surface area contributed by atoms with Crippen LogP contribution in [0.25, 0.3) is 0 Å². The molecule has 1 aliphatic heterocycles. The van der Waals surface area contributed by atoms with Crippen molar-refractivity contribution in [1.29, 1.82) is 0 Å². The number of halogens is 1. The molecule has 1 amide bonds. The number of ether oxygens (including phenoxy) is 1. The van der Waals surface area contributed by atoms with Crippen LogP contribution in [0.3, 0.4) is 0 Å². The molecule has 0 saturated carbocycles. The average molecular weight is 350 g/mol. The number of pyridine rings is 1. The van der Waals surface area contributed by atoms with Gasteiger partial charge in [0.1, 0.15) is 5.15 Å². The SMILES string of the molecule is CC(C)Nc1cc(Cl)ncc1C#CCCCC(=O)N1CCOCC1. The highest BCUT2D eigenvalue weighted by Crippen LogP contribution is 2.18. The summed E-state index contributed by atoms with van der Waals surface area (Å²) in [5, 5.41) is 3.76. The lowest BCUT2D eigenvalue weighted by molar-refractivity contribution is -0.135. The van der Waals surface area contributed by atoms with Gasteiger partial charge < -0.3 is 15.0 Å². The summed E-state index contributed by atoms with van der Waals surface area (Å²) < 4.78 is 5.25. The molecule has 0 radical (unpaired) electrons. The summed E-state index contributed by atoms with van der Waals surface area (Å²) in [6, 6.07) is 2.07. The van der Waals surface area contributed by atoms with Crippen LogP contribution in [0.2, 0.25) is 5.15 Å². The van der Waals surface area contributed by atoms with Gasteiger partial charge in [-0.05, 0) is 26.3 Å². The minimum atomic E-state index is 0.190. The highest BCUT2D eigenvalue weighted by atomic mass is 35.5. The van der Waals surface area contributed by atoms with Crippen molar-refractivity contribution in [2.24, 2.45) is 0 Å². The van der Waals surface area contributed by atoms with Gasteiger partial charge in [0.25, 0.3) is 0 Å². The number of morpholine rings is 1. The lowest BCUT2D eigenvalue weighted by Gasteiger charge is -2.26. The Hall–Kier alpha value is -1.77. The van der Waals surface area contributed by atoms with Gasteiger partial charge in [-0.2, -0.15) is 0 Å². The normalized spacial score (nSPS) is 14.2. The van der Waals surface area contributed by atoms with Gasteiger partial charge in [0.15, 0.2) is 0 Å². The highest BCUT2D eigenvalue weighted by molar-refractivity contribution is 6.29. The van der Waals surface area contributed by atoms with E-state index in [4.69, 9.17) is 16.3 Å². The summed E-state index contributed by atoms with van der Waals surface area (Å²) in [5.74, 6) is 6.44. The zero-order valence-corrected chi connectivity index (χ0v) is 15.0. The Kier molecular flexibility index (Phi) is 7.36. The van der Waals surface area contributed by atoms with Gasteiger partial charge in [-0.1, -0.05) is 23.4 Å². The largest absolute Gasteiger partial charge is 0.382 e. The monoisotopic (exact) mass is 349 g/mol. The van der Waals surface area contributed by atoms with E-state index >= 15 is 0 Å². The van der Waals surface area contributed by atoms with Crippen molar-refractivity contribution in [2.45, 2.75) is 39.2 Å². The molecule has 1 fully saturated rings. The molecule has 24 heavy (non-hydrogen) atoms. The molecule has 6 heteroatoms. The molecule has 0 unspecified atom stereocenters. The molecular formula is C18H24ClN3O2. The number of amides is 1. The second-order valence-electron chi connectivity index (χ2n) is 6.00. The minimum absolute atomic E-state index is 0.190. The maximum atomic E-state index is 12.0. The number of carbonyl (C=O) groups excluding carboxylic acids is 1. The molecule has 130 valence electrons. The van der Waals surface area contributed by atoms with Crippen molar-refractivity contribution in [2.75, 3.05) is 31.6 Å². The van der Waals surface area contributed by atoms with Crippen LogP contribution in [0.1, 0.15) is 38.7 Å². The molecule has 2 heterocycles. The van der Waals surface area contributed by atoms with Crippen molar-refractivity contribution in [1.82, 2.24) is 9.88 Å². The predicted octanol–water partition coefficient (Wildman–Crippen LogP) is 2.94. The lowest BCUT2D eigenvalue weighted by atomic mass is 10.2. The molecule has 0 atom stereocenters. The average Bonchev–Trinajstić information content (AvgIpc) is 2.56. The standard InChI is InChI=1S/C18H24ClN3O2/c1-14(2)21-16-12-17(19)20-13-15(16)6-4-3-5-7-18(23)22-8-10-24-11-9-22/h12-14H,3,5,7-11H2,1-2H3,(H,20,21). The van der Waals surface area contributed by atoms with Crippen LogP contribution in [-0.2, 0) is 9.53 Å². The topological polar surface area (TPSA) is 54.5 Å². The van der Waals surface area contributed by atoms with Crippen LogP contribution in [-0.4, -0.2) is 48.1 Å². The zero-order chi connectivity index (χ0) is 17.4. The molecule has 0 bridgehead atoms. The second kappa shape index (κ2) is 9.51.